The van der Waals surface area contributed by atoms with E-state index in [4.69, 9.17) is 4.74 Å². The molecule has 4 N–H and O–H groups in total. The minimum absolute atomic E-state index is 0.791. The van der Waals surface area contributed by atoms with Gasteiger partial charge in [-0.15, -0.1) is 0 Å². The zero-order chi connectivity index (χ0) is 12.1. The fourth-order valence-corrected chi connectivity index (χ4v) is 2.11. The van der Waals surface area contributed by atoms with Gasteiger partial charge in [-0.1, -0.05) is 6.07 Å². The lowest BCUT2D eigenvalue weighted by Crippen LogP contribution is -2.51. The first kappa shape index (κ1) is 12.1. The van der Waals surface area contributed by atoms with Crippen LogP contribution in [0.25, 0.3) is 10.9 Å². The van der Waals surface area contributed by atoms with Crippen LogP contribution < -0.4 is 5.73 Å². The van der Waals surface area contributed by atoms with Crippen molar-refractivity contribution in [1.82, 2.24) is 4.98 Å². The third-order valence-electron chi connectivity index (χ3n) is 3.02. The van der Waals surface area contributed by atoms with E-state index >= 15 is 0 Å². The van der Waals surface area contributed by atoms with Crippen LogP contribution in [0, 0.1) is 0 Å². The van der Waals surface area contributed by atoms with E-state index in [1.54, 1.807) is 0 Å². The molecule has 17 heavy (non-hydrogen) atoms. The molecule has 2 rings (SSSR count). The van der Waals surface area contributed by atoms with Gasteiger partial charge in [-0.25, -0.2) is 0 Å². The zero-order valence-corrected chi connectivity index (χ0v) is 10.5. The number of hydrogen-bond donors (Lipinski definition) is 2. The van der Waals surface area contributed by atoms with Crippen LogP contribution in [-0.2, 0) is 17.6 Å². The Bertz CT molecular complexity index is 476. The van der Waals surface area contributed by atoms with Crippen LogP contribution in [0.4, 0.5) is 0 Å². The van der Waals surface area contributed by atoms with Crippen molar-refractivity contribution in [2.45, 2.75) is 19.8 Å². The fraction of sp³-hybridized carbons (Fsp3) is 0.429. The lowest BCUT2D eigenvalue weighted by Gasteiger charge is -2.03. The van der Waals surface area contributed by atoms with Gasteiger partial charge in [-0.05, 0) is 36.6 Å². The Morgan fingerprint density at radius 2 is 2.18 bits per heavy atom. The molecule has 92 valence electrons. The van der Waals surface area contributed by atoms with Gasteiger partial charge >= 0.3 is 0 Å². The summed E-state index contributed by atoms with van der Waals surface area (Å²) >= 11 is 0. The minimum atomic E-state index is 0.791. The van der Waals surface area contributed by atoms with Crippen LogP contribution in [0.1, 0.15) is 18.1 Å². The van der Waals surface area contributed by atoms with Crippen molar-refractivity contribution in [3.8, 4) is 0 Å². The van der Waals surface area contributed by atoms with Crippen molar-refractivity contribution >= 4 is 10.9 Å². The topological polar surface area (TPSA) is 52.7 Å². The predicted molar refractivity (Wildman–Crippen MR) is 70.0 cm³/mol. The van der Waals surface area contributed by atoms with E-state index in [9.17, 15) is 0 Å². The average molecular weight is 233 g/mol. The maximum absolute atomic E-state index is 5.39. The first-order chi connectivity index (χ1) is 8.35. The monoisotopic (exact) mass is 233 g/mol. The van der Waals surface area contributed by atoms with E-state index in [-0.39, 0.29) is 0 Å². The van der Waals surface area contributed by atoms with Gasteiger partial charge in [0.2, 0.25) is 0 Å². The largest absolute Gasteiger partial charge is 0.381 e. The normalized spacial score (nSPS) is 11.2. The number of aromatic amines is 1. The second-order valence-corrected chi connectivity index (χ2v) is 4.24. The van der Waals surface area contributed by atoms with Gasteiger partial charge in [0.05, 0.1) is 13.2 Å². The van der Waals surface area contributed by atoms with Crippen LogP contribution in [0.15, 0.2) is 24.4 Å². The maximum Gasteiger partial charge on any atom is 0.0781 e. The molecule has 0 saturated heterocycles. The zero-order valence-electron chi connectivity index (χ0n) is 10.5. The lowest BCUT2D eigenvalue weighted by atomic mass is 10.1. The van der Waals surface area contributed by atoms with Crippen molar-refractivity contribution in [3.05, 3.63) is 35.5 Å². The highest BCUT2D eigenvalue weighted by atomic mass is 16.5. The van der Waals surface area contributed by atoms with E-state index in [2.05, 4.69) is 35.1 Å². The smallest absolute Gasteiger partial charge is 0.0781 e. The Morgan fingerprint density at radius 1 is 1.29 bits per heavy atom. The van der Waals surface area contributed by atoms with Gasteiger partial charge in [0, 0.05) is 30.1 Å². The Labute approximate surface area is 102 Å². The summed E-state index contributed by atoms with van der Waals surface area (Å²) in [6.45, 7) is 4.56. The van der Waals surface area contributed by atoms with Crippen LogP contribution in [0.5, 0.6) is 0 Å². The van der Waals surface area contributed by atoms with Crippen molar-refractivity contribution in [1.29, 1.82) is 0 Å². The lowest BCUT2D eigenvalue weighted by molar-refractivity contribution is -0.366. The molecule has 0 spiro atoms. The number of nitrogens with one attached hydrogen (secondary N) is 1. The van der Waals surface area contributed by atoms with Crippen molar-refractivity contribution in [2.75, 3.05) is 19.8 Å². The molecule has 0 fully saturated rings. The number of quaternary nitrogens is 1. The average Bonchev–Trinajstić information content (AvgIpc) is 2.73. The molecular formula is C14H21N2O+. The van der Waals surface area contributed by atoms with Gasteiger partial charge in [-0.2, -0.15) is 0 Å². The standard InChI is InChI=1S/C14H20N2O/c1-2-17-8-6-11-3-4-14-13(9-11)12(5-7-15)10-16-14/h3-4,9-10,16H,2,5-8,15H2,1H3/p+1. The van der Waals surface area contributed by atoms with Gasteiger partial charge in [0.15, 0.2) is 0 Å². The maximum atomic E-state index is 5.39. The molecule has 0 aliphatic carbocycles. The molecule has 0 unspecified atom stereocenters. The van der Waals surface area contributed by atoms with Crippen molar-refractivity contribution in [3.63, 3.8) is 0 Å². The summed E-state index contributed by atoms with van der Waals surface area (Å²) in [5.41, 5.74) is 7.85. The second kappa shape index (κ2) is 5.84. The van der Waals surface area contributed by atoms with Gasteiger partial charge < -0.3 is 15.5 Å². The Balaban J connectivity index is 2.18. The second-order valence-electron chi connectivity index (χ2n) is 4.24. The van der Waals surface area contributed by atoms with Crippen molar-refractivity contribution in [2.24, 2.45) is 0 Å². The number of aromatic nitrogens is 1. The minimum Gasteiger partial charge on any atom is -0.381 e. The molecule has 0 aliphatic rings. The molecule has 0 amide bonds. The van der Waals surface area contributed by atoms with E-state index < -0.39 is 0 Å². The molecule has 0 aliphatic heterocycles. The summed E-state index contributed by atoms with van der Waals surface area (Å²) in [6, 6.07) is 6.60. The molecule has 1 aromatic heterocycles. The van der Waals surface area contributed by atoms with E-state index in [1.165, 1.54) is 22.0 Å². The van der Waals surface area contributed by atoms with Crippen LogP contribution in [0.2, 0.25) is 0 Å². The van der Waals surface area contributed by atoms with Crippen molar-refractivity contribution < 1.29 is 10.5 Å². The number of hydrogen-bond acceptors (Lipinski definition) is 1. The highest BCUT2D eigenvalue weighted by molar-refractivity contribution is 5.83. The predicted octanol–water partition coefficient (Wildman–Crippen LogP) is 1.53. The highest BCUT2D eigenvalue weighted by Crippen LogP contribution is 2.20. The van der Waals surface area contributed by atoms with Crippen LogP contribution in [-0.4, -0.2) is 24.7 Å². The first-order valence-electron chi connectivity index (χ1n) is 6.31. The van der Waals surface area contributed by atoms with E-state index in [0.29, 0.717) is 0 Å². The third kappa shape index (κ3) is 2.87. The molecule has 3 heteroatoms. The Morgan fingerprint density at radius 3 is 2.94 bits per heavy atom. The fourth-order valence-electron chi connectivity index (χ4n) is 2.11. The molecule has 2 aromatic rings. The number of rotatable bonds is 6. The number of H-pyrrole nitrogens is 1. The Hall–Kier alpha value is -1.32. The first-order valence-corrected chi connectivity index (χ1v) is 6.31. The van der Waals surface area contributed by atoms with Crippen LogP contribution in [0.3, 0.4) is 0 Å². The molecule has 1 aromatic carbocycles. The summed E-state index contributed by atoms with van der Waals surface area (Å²) in [6.07, 6.45) is 4.12. The Kier molecular flexibility index (Phi) is 4.18. The van der Waals surface area contributed by atoms with Crippen LogP contribution >= 0.6 is 0 Å². The molecular weight excluding hydrogens is 212 g/mol. The van der Waals surface area contributed by atoms with E-state index in [0.717, 1.165) is 32.6 Å². The molecule has 1 heterocycles. The summed E-state index contributed by atoms with van der Waals surface area (Å²) in [4.78, 5) is 3.31. The SMILES string of the molecule is CCOCCc1ccc2[nH]cc(CC[NH3+])c2c1. The summed E-state index contributed by atoms with van der Waals surface area (Å²) < 4.78 is 5.39. The summed E-state index contributed by atoms with van der Waals surface area (Å²) in [5, 5.41) is 1.34. The van der Waals surface area contributed by atoms with Gasteiger partial charge in [0.1, 0.15) is 0 Å². The molecule has 0 saturated carbocycles. The summed E-state index contributed by atoms with van der Waals surface area (Å²) in [5.74, 6) is 0. The number of ether oxygens (including phenoxy) is 1. The number of benzene rings is 1. The third-order valence-corrected chi connectivity index (χ3v) is 3.02. The molecule has 3 nitrogen and oxygen atoms in total. The summed E-state index contributed by atoms with van der Waals surface area (Å²) in [7, 11) is 0. The highest BCUT2D eigenvalue weighted by Gasteiger charge is 2.04. The number of fused-ring (bicyclic) bond motifs is 1. The molecule has 0 bridgehead atoms. The molecule has 0 radical (unpaired) electrons. The quantitative estimate of drug-likeness (QED) is 0.730. The molecule has 0 atom stereocenters. The van der Waals surface area contributed by atoms with E-state index in [1.807, 2.05) is 6.92 Å². The van der Waals surface area contributed by atoms with Gasteiger partial charge in [-0.3, -0.25) is 0 Å². The van der Waals surface area contributed by atoms with Gasteiger partial charge in [0.25, 0.3) is 0 Å².